The molecule has 1 amide bonds. The number of para-hydroxylation sites is 1. The van der Waals surface area contributed by atoms with Gasteiger partial charge in [0.15, 0.2) is 0 Å². The molecule has 0 unspecified atom stereocenters. The van der Waals surface area contributed by atoms with Crippen LogP contribution in [0.3, 0.4) is 0 Å². The number of aryl methyl sites for hydroxylation is 2. The molecule has 0 saturated carbocycles. The third kappa shape index (κ3) is 4.72. The highest BCUT2D eigenvalue weighted by molar-refractivity contribution is 7.99. The SMILES string of the molecule is Cc1cc(C)n2nc(SCC(=O)Nc3cccc(Oc4ccccc4)c3)nc2n1. The van der Waals surface area contributed by atoms with E-state index in [1.54, 1.807) is 10.6 Å². The van der Waals surface area contributed by atoms with E-state index in [4.69, 9.17) is 4.74 Å². The van der Waals surface area contributed by atoms with Crippen LogP contribution in [0, 0.1) is 13.8 Å². The molecule has 8 heteroatoms. The Labute approximate surface area is 172 Å². The smallest absolute Gasteiger partial charge is 0.253 e. The summed E-state index contributed by atoms with van der Waals surface area (Å²) in [6.45, 7) is 3.86. The Hall–Kier alpha value is -3.39. The van der Waals surface area contributed by atoms with Crippen molar-refractivity contribution < 1.29 is 9.53 Å². The van der Waals surface area contributed by atoms with Gasteiger partial charge in [0, 0.05) is 23.1 Å². The van der Waals surface area contributed by atoms with E-state index < -0.39 is 0 Å². The molecular weight excluding hydrogens is 386 g/mol. The lowest BCUT2D eigenvalue weighted by atomic mass is 10.3. The van der Waals surface area contributed by atoms with Crippen molar-refractivity contribution in [1.82, 2.24) is 19.6 Å². The minimum atomic E-state index is -0.147. The van der Waals surface area contributed by atoms with Crippen LogP contribution in [0.2, 0.25) is 0 Å². The van der Waals surface area contributed by atoms with E-state index in [0.29, 0.717) is 22.4 Å². The molecule has 0 aliphatic heterocycles. The Morgan fingerprint density at radius 3 is 2.66 bits per heavy atom. The van der Waals surface area contributed by atoms with E-state index in [9.17, 15) is 4.79 Å². The minimum Gasteiger partial charge on any atom is -0.457 e. The fourth-order valence-electron chi connectivity index (χ4n) is 2.80. The molecule has 0 radical (unpaired) electrons. The van der Waals surface area contributed by atoms with Crippen molar-refractivity contribution in [3.63, 3.8) is 0 Å². The standard InChI is InChI=1S/C21H19N5O2S/c1-14-11-15(2)26-20(22-14)24-21(25-26)29-13-19(27)23-16-7-6-10-18(12-16)28-17-8-4-3-5-9-17/h3-12H,13H2,1-2H3,(H,23,27). The molecule has 4 aromatic rings. The number of amides is 1. The molecular formula is C21H19N5O2S. The van der Waals surface area contributed by atoms with Crippen molar-refractivity contribution in [1.29, 1.82) is 0 Å². The van der Waals surface area contributed by atoms with Gasteiger partial charge in [-0.1, -0.05) is 36.0 Å². The van der Waals surface area contributed by atoms with Crippen molar-refractivity contribution in [2.45, 2.75) is 19.0 Å². The lowest BCUT2D eigenvalue weighted by molar-refractivity contribution is -0.113. The molecule has 2 heterocycles. The van der Waals surface area contributed by atoms with Crippen LogP contribution in [0.15, 0.2) is 65.8 Å². The van der Waals surface area contributed by atoms with Crippen molar-refractivity contribution in [2.24, 2.45) is 0 Å². The second-order valence-corrected chi connectivity index (χ2v) is 7.37. The van der Waals surface area contributed by atoms with E-state index in [1.807, 2.05) is 68.4 Å². The van der Waals surface area contributed by atoms with Crippen molar-refractivity contribution in [2.75, 3.05) is 11.1 Å². The summed E-state index contributed by atoms with van der Waals surface area (Å²) in [5.41, 5.74) is 2.50. The van der Waals surface area contributed by atoms with Gasteiger partial charge < -0.3 is 10.1 Å². The second kappa shape index (κ2) is 8.32. The fraction of sp³-hybridized carbons (Fsp3) is 0.143. The van der Waals surface area contributed by atoms with Crippen LogP contribution in [0.4, 0.5) is 5.69 Å². The summed E-state index contributed by atoms with van der Waals surface area (Å²) in [6.07, 6.45) is 0. The predicted octanol–water partition coefficient (Wildman–Crippen LogP) is 4.26. The topological polar surface area (TPSA) is 81.4 Å². The zero-order valence-electron chi connectivity index (χ0n) is 16.0. The second-order valence-electron chi connectivity index (χ2n) is 6.42. The Morgan fingerprint density at radius 2 is 1.83 bits per heavy atom. The van der Waals surface area contributed by atoms with E-state index in [2.05, 4.69) is 20.4 Å². The van der Waals surface area contributed by atoms with Crippen molar-refractivity contribution in [3.05, 3.63) is 72.1 Å². The molecule has 2 aromatic carbocycles. The lowest BCUT2D eigenvalue weighted by Crippen LogP contribution is -2.14. The molecule has 0 fully saturated rings. The summed E-state index contributed by atoms with van der Waals surface area (Å²) in [6, 6.07) is 18.7. The summed E-state index contributed by atoms with van der Waals surface area (Å²) in [7, 11) is 0. The van der Waals surface area contributed by atoms with Gasteiger partial charge >= 0.3 is 0 Å². The quantitative estimate of drug-likeness (QED) is 0.483. The highest BCUT2D eigenvalue weighted by Gasteiger charge is 2.11. The molecule has 0 bridgehead atoms. The minimum absolute atomic E-state index is 0.147. The number of thioether (sulfide) groups is 1. The highest BCUT2D eigenvalue weighted by atomic mass is 32.2. The van der Waals surface area contributed by atoms with Gasteiger partial charge in [0.25, 0.3) is 5.78 Å². The van der Waals surface area contributed by atoms with E-state index >= 15 is 0 Å². The molecule has 2 aromatic heterocycles. The number of carbonyl (C=O) groups excluding carboxylic acids is 1. The van der Waals surface area contributed by atoms with Gasteiger partial charge in [-0.05, 0) is 44.2 Å². The summed E-state index contributed by atoms with van der Waals surface area (Å²) in [5, 5.41) is 7.79. The zero-order chi connectivity index (χ0) is 20.2. The van der Waals surface area contributed by atoms with Gasteiger partial charge in [0.05, 0.1) is 5.75 Å². The number of benzene rings is 2. The van der Waals surface area contributed by atoms with E-state index in [1.165, 1.54) is 11.8 Å². The number of ether oxygens (including phenoxy) is 1. The predicted molar refractivity (Wildman–Crippen MR) is 113 cm³/mol. The maximum absolute atomic E-state index is 12.3. The molecule has 0 atom stereocenters. The highest BCUT2D eigenvalue weighted by Crippen LogP contribution is 2.24. The van der Waals surface area contributed by atoms with Crippen LogP contribution >= 0.6 is 11.8 Å². The van der Waals surface area contributed by atoms with Gasteiger partial charge in [-0.3, -0.25) is 4.79 Å². The number of carbonyl (C=O) groups is 1. The average molecular weight is 405 g/mol. The normalized spacial score (nSPS) is 10.8. The van der Waals surface area contributed by atoms with Gasteiger partial charge in [-0.2, -0.15) is 4.98 Å². The Balaban J connectivity index is 1.37. The van der Waals surface area contributed by atoms with Crippen LogP contribution in [-0.4, -0.2) is 31.2 Å². The Morgan fingerprint density at radius 1 is 1.03 bits per heavy atom. The maximum Gasteiger partial charge on any atom is 0.253 e. The molecule has 7 nitrogen and oxygen atoms in total. The van der Waals surface area contributed by atoms with Gasteiger partial charge in [-0.25, -0.2) is 9.50 Å². The third-order valence-electron chi connectivity index (χ3n) is 4.03. The largest absolute Gasteiger partial charge is 0.457 e. The number of anilines is 1. The number of nitrogens with one attached hydrogen (secondary N) is 1. The Kier molecular flexibility index (Phi) is 5.44. The number of hydrogen-bond donors (Lipinski definition) is 1. The van der Waals surface area contributed by atoms with Crippen LogP contribution in [0.1, 0.15) is 11.4 Å². The first-order valence-corrected chi connectivity index (χ1v) is 10.0. The summed E-state index contributed by atoms with van der Waals surface area (Å²) >= 11 is 1.27. The molecule has 0 aliphatic carbocycles. The molecule has 0 spiro atoms. The number of rotatable bonds is 6. The van der Waals surface area contributed by atoms with Gasteiger partial charge in [0.1, 0.15) is 11.5 Å². The molecule has 0 aliphatic rings. The van der Waals surface area contributed by atoms with E-state index in [0.717, 1.165) is 17.1 Å². The average Bonchev–Trinajstić information content (AvgIpc) is 3.11. The first-order valence-electron chi connectivity index (χ1n) is 9.03. The first kappa shape index (κ1) is 18.9. The van der Waals surface area contributed by atoms with Crippen LogP contribution < -0.4 is 10.1 Å². The number of nitrogens with zero attached hydrogens (tertiary/aromatic N) is 4. The number of hydrogen-bond acceptors (Lipinski definition) is 6. The number of fused-ring (bicyclic) bond motifs is 1. The number of aromatic nitrogens is 4. The zero-order valence-corrected chi connectivity index (χ0v) is 16.8. The van der Waals surface area contributed by atoms with Crippen LogP contribution in [-0.2, 0) is 4.79 Å². The molecule has 146 valence electrons. The van der Waals surface area contributed by atoms with Crippen molar-refractivity contribution >= 4 is 29.1 Å². The third-order valence-corrected chi connectivity index (χ3v) is 4.87. The van der Waals surface area contributed by atoms with Crippen LogP contribution in [0.25, 0.3) is 5.78 Å². The maximum atomic E-state index is 12.3. The van der Waals surface area contributed by atoms with Crippen LogP contribution in [0.5, 0.6) is 11.5 Å². The van der Waals surface area contributed by atoms with Gasteiger partial charge in [0.2, 0.25) is 11.1 Å². The fourth-order valence-corrected chi connectivity index (χ4v) is 3.42. The van der Waals surface area contributed by atoms with Crippen molar-refractivity contribution in [3.8, 4) is 11.5 Å². The molecule has 0 saturated heterocycles. The van der Waals surface area contributed by atoms with E-state index in [-0.39, 0.29) is 11.7 Å². The lowest BCUT2D eigenvalue weighted by Gasteiger charge is -2.08. The summed E-state index contributed by atoms with van der Waals surface area (Å²) in [4.78, 5) is 21.1. The Bertz CT molecular complexity index is 1160. The molecule has 29 heavy (non-hydrogen) atoms. The first-order chi connectivity index (χ1) is 14.1. The molecule has 4 rings (SSSR count). The summed E-state index contributed by atoms with van der Waals surface area (Å²) in [5.74, 6) is 1.98. The molecule has 1 N–H and O–H groups in total. The monoisotopic (exact) mass is 405 g/mol. The van der Waals surface area contributed by atoms with Gasteiger partial charge in [-0.15, -0.1) is 5.10 Å². The summed E-state index contributed by atoms with van der Waals surface area (Å²) < 4.78 is 7.48.